The van der Waals surface area contributed by atoms with Gasteiger partial charge in [-0.3, -0.25) is 4.79 Å². The number of carbonyl (C=O) groups excluding carboxylic acids is 3. The Labute approximate surface area is 258 Å². The van der Waals surface area contributed by atoms with E-state index in [0.29, 0.717) is 30.2 Å². The predicted octanol–water partition coefficient (Wildman–Crippen LogP) is 5.68. The number of amides is 5. The summed E-state index contributed by atoms with van der Waals surface area (Å²) in [4.78, 5) is 43.1. The van der Waals surface area contributed by atoms with E-state index in [0.717, 1.165) is 36.5 Å². The Kier molecular flexibility index (Phi) is 9.89. The number of aliphatic hydroxyl groups excluding tert-OH is 1. The summed E-state index contributed by atoms with van der Waals surface area (Å²) in [5, 5.41) is 20.8. The molecule has 1 heterocycles. The van der Waals surface area contributed by atoms with Crippen LogP contribution in [0, 0.1) is 5.92 Å². The monoisotopic (exact) mass is 601 g/mol. The van der Waals surface area contributed by atoms with Crippen molar-refractivity contribution in [2.75, 3.05) is 37.4 Å². The zero-order valence-electron chi connectivity index (χ0n) is 25.7. The topological polar surface area (TPSA) is 123 Å². The number of carbonyl (C=O) groups is 3. The first kappa shape index (κ1) is 31.1. The molecule has 5 amide bonds. The molecule has 3 aromatic carbocycles. The van der Waals surface area contributed by atoms with Crippen molar-refractivity contribution in [1.29, 1.82) is 0 Å². The normalized spacial score (nSPS) is 19.6. The van der Waals surface area contributed by atoms with E-state index < -0.39 is 18.2 Å². The van der Waals surface area contributed by atoms with Gasteiger partial charge in [0.15, 0.2) is 0 Å². The summed E-state index contributed by atoms with van der Waals surface area (Å²) in [6, 6.07) is 17.6. The molecule has 1 aliphatic carbocycles. The van der Waals surface area contributed by atoms with Crippen molar-refractivity contribution in [2.45, 2.75) is 64.1 Å². The van der Waals surface area contributed by atoms with Crippen molar-refractivity contribution in [1.82, 2.24) is 15.1 Å². The minimum Gasteiger partial charge on any atom is -0.487 e. The maximum atomic E-state index is 13.8. The molecule has 44 heavy (non-hydrogen) atoms. The standard InChI is InChI=1S/C34H43N5O5/c1-22-19-39(23(2)21-40)32(41)28-18-26(35-33(42)37-29-15-9-11-24-10-7-8-14-27(24)29)16-17-30(28)44-31(22)20-38(3)34(43)36-25-12-5-4-6-13-25/h7-11,14-18,22-23,25,31,40H,4-6,12-13,19-21H2,1-3H3,(H,36,43)(H2,35,37,42)/t22-,23-,31-/m1/s1. The number of urea groups is 2. The van der Waals surface area contributed by atoms with Crippen molar-refractivity contribution < 1.29 is 24.2 Å². The number of aliphatic hydroxyl groups is 1. The number of likely N-dealkylation sites (N-methyl/N-ethyl adjacent to an activating group) is 1. The van der Waals surface area contributed by atoms with E-state index in [9.17, 15) is 19.5 Å². The Morgan fingerprint density at radius 2 is 1.80 bits per heavy atom. The van der Waals surface area contributed by atoms with Gasteiger partial charge in [-0.05, 0) is 49.4 Å². The minimum atomic E-state index is -0.446. The molecule has 1 fully saturated rings. The van der Waals surface area contributed by atoms with Crippen LogP contribution in [0.25, 0.3) is 10.8 Å². The molecule has 0 bridgehead atoms. The average molecular weight is 602 g/mol. The van der Waals surface area contributed by atoms with E-state index in [1.54, 1.807) is 42.0 Å². The molecule has 1 saturated carbocycles. The van der Waals surface area contributed by atoms with Crippen LogP contribution in [0.2, 0.25) is 0 Å². The third kappa shape index (κ3) is 7.24. The molecule has 2 aliphatic rings. The lowest BCUT2D eigenvalue weighted by molar-refractivity contribution is 0.0366. The zero-order valence-corrected chi connectivity index (χ0v) is 25.7. The van der Waals surface area contributed by atoms with Gasteiger partial charge < -0.3 is 35.6 Å². The Morgan fingerprint density at radius 3 is 2.57 bits per heavy atom. The molecule has 0 unspecified atom stereocenters. The number of hydrogen-bond donors (Lipinski definition) is 4. The highest BCUT2D eigenvalue weighted by atomic mass is 16.5. The molecule has 3 aromatic rings. The predicted molar refractivity (Wildman–Crippen MR) is 172 cm³/mol. The highest BCUT2D eigenvalue weighted by molar-refractivity contribution is 6.07. The Hall–Kier alpha value is -4.31. The Bertz CT molecular complexity index is 1480. The van der Waals surface area contributed by atoms with Gasteiger partial charge in [0.25, 0.3) is 5.91 Å². The zero-order chi connectivity index (χ0) is 31.2. The third-order valence-electron chi connectivity index (χ3n) is 8.69. The SMILES string of the molecule is C[C@@H]1CN([C@H](C)CO)C(=O)c2cc(NC(=O)Nc3cccc4ccccc34)ccc2O[C@@H]1CN(C)C(=O)NC1CCCCC1. The first-order valence-corrected chi connectivity index (χ1v) is 15.5. The van der Waals surface area contributed by atoms with E-state index in [1.807, 2.05) is 49.4 Å². The molecule has 4 N–H and O–H groups in total. The van der Waals surface area contributed by atoms with Gasteiger partial charge in [-0.25, -0.2) is 9.59 Å². The van der Waals surface area contributed by atoms with Crippen LogP contribution in [0.1, 0.15) is 56.3 Å². The minimum absolute atomic E-state index is 0.129. The second-order valence-electron chi connectivity index (χ2n) is 12.1. The highest BCUT2D eigenvalue weighted by Crippen LogP contribution is 2.31. The first-order valence-electron chi connectivity index (χ1n) is 15.5. The summed E-state index contributed by atoms with van der Waals surface area (Å²) in [6.45, 7) is 4.24. The number of rotatable bonds is 7. The van der Waals surface area contributed by atoms with E-state index in [2.05, 4.69) is 16.0 Å². The lowest BCUT2D eigenvalue weighted by Gasteiger charge is -2.38. The van der Waals surface area contributed by atoms with Crippen molar-refractivity contribution in [3.05, 3.63) is 66.2 Å². The van der Waals surface area contributed by atoms with Gasteiger partial charge in [-0.1, -0.05) is 62.6 Å². The summed E-state index contributed by atoms with van der Waals surface area (Å²) in [6.07, 6.45) is 5.05. The van der Waals surface area contributed by atoms with Crippen LogP contribution in [0.4, 0.5) is 21.0 Å². The summed E-state index contributed by atoms with van der Waals surface area (Å²) >= 11 is 0. The number of hydrogen-bond acceptors (Lipinski definition) is 5. The van der Waals surface area contributed by atoms with Gasteiger partial charge in [0.2, 0.25) is 0 Å². The third-order valence-corrected chi connectivity index (χ3v) is 8.69. The van der Waals surface area contributed by atoms with Gasteiger partial charge in [-0.15, -0.1) is 0 Å². The number of fused-ring (bicyclic) bond motifs is 2. The molecule has 5 rings (SSSR count). The second-order valence-corrected chi connectivity index (χ2v) is 12.1. The highest BCUT2D eigenvalue weighted by Gasteiger charge is 2.34. The summed E-state index contributed by atoms with van der Waals surface area (Å²) in [5.41, 5.74) is 1.37. The number of anilines is 2. The van der Waals surface area contributed by atoms with Crippen molar-refractivity contribution in [3.63, 3.8) is 0 Å². The number of nitrogens with zero attached hydrogens (tertiary/aromatic N) is 2. The molecule has 0 aromatic heterocycles. The largest absolute Gasteiger partial charge is 0.487 e. The van der Waals surface area contributed by atoms with Crippen LogP contribution in [0.15, 0.2) is 60.7 Å². The smallest absolute Gasteiger partial charge is 0.323 e. The molecule has 0 saturated heterocycles. The van der Waals surface area contributed by atoms with Gasteiger partial charge in [0.05, 0.1) is 30.4 Å². The van der Waals surface area contributed by atoms with Gasteiger partial charge in [-0.2, -0.15) is 0 Å². The molecule has 0 radical (unpaired) electrons. The van der Waals surface area contributed by atoms with Crippen LogP contribution in [-0.2, 0) is 0 Å². The quantitative estimate of drug-likeness (QED) is 0.278. The summed E-state index contributed by atoms with van der Waals surface area (Å²) < 4.78 is 6.44. The lowest BCUT2D eigenvalue weighted by Crippen LogP contribution is -2.52. The maximum absolute atomic E-state index is 13.8. The van der Waals surface area contributed by atoms with Crippen molar-refractivity contribution >= 4 is 40.1 Å². The van der Waals surface area contributed by atoms with Gasteiger partial charge in [0.1, 0.15) is 11.9 Å². The molecule has 10 heteroatoms. The summed E-state index contributed by atoms with van der Waals surface area (Å²) in [7, 11) is 1.76. The Balaban J connectivity index is 1.34. The van der Waals surface area contributed by atoms with Crippen LogP contribution in [0.5, 0.6) is 5.75 Å². The van der Waals surface area contributed by atoms with Gasteiger partial charge >= 0.3 is 12.1 Å². The lowest BCUT2D eigenvalue weighted by atomic mass is 9.96. The molecular weight excluding hydrogens is 558 g/mol. The maximum Gasteiger partial charge on any atom is 0.323 e. The van der Waals surface area contributed by atoms with E-state index >= 15 is 0 Å². The van der Waals surface area contributed by atoms with Crippen LogP contribution in [0.3, 0.4) is 0 Å². The summed E-state index contributed by atoms with van der Waals surface area (Å²) in [5.74, 6) is -0.0635. The van der Waals surface area contributed by atoms with Crippen LogP contribution in [-0.4, -0.2) is 77.8 Å². The molecule has 1 aliphatic heterocycles. The van der Waals surface area contributed by atoms with Crippen molar-refractivity contribution in [3.8, 4) is 5.75 Å². The first-order chi connectivity index (χ1) is 21.2. The average Bonchev–Trinajstić information content (AvgIpc) is 3.03. The van der Waals surface area contributed by atoms with Crippen molar-refractivity contribution in [2.24, 2.45) is 5.92 Å². The number of benzene rings is 3. The fourth-order valence-electron chi connectivity index (χ4n) is 6.02. The van der Waals surface area contributed by atoms with E-state index in [4.69, 9.17) is 4.74 Å². The Morgan fingerprint density at radius 1 is 1.05 bits per heavy atom. The number of ether oxygens (including phenoxy) is 1. The number of nitrogens with one attached hydrogen (secondary N) is 3. The van der Waals surface area contributed by atoms with E-state index in [1.165, 1.54) is 6.42 Å². The molecule has 234 valence electrons. The molecule has 3 atom stereocenters. The molecule has 10 nitrogen and oxygen atoms in total. The van der Waals surface area contributed by atoms with Crippen LogP contribution >= 0.6 is 0 Å². The molecule has 0 spiro atoms. The fourth-order valence-corrected chi connectivity index (χ4v) is 6.02. The van der Waals surface area contributed by atoms with Gasteiger partial charge in [0, 0.05) is 36.6 Å². The molecular formula is C34H43N5O5. The fraction of sp³-hybridized carbons (Fsp3) is 0.441. The van der Waals surface area contributed by atoms with E-state index in [-0.39, 0.29) is 36.1 Å². The van der Waals surface area contributed by atoms with Crippen LogP contribution < -0.4 is 20.7 Å². The second kappa shape index (κ2) is 14.0.